The Morgan fingerprint density at radius 2 is 1.92 bits per heavy atom. The predicted octanol–water partition coefficient (Wildman–Crippen LogP) is -1.26. The molecule has 0 fully saturated rings. The Bertz CT molecular complexity index is 741. The van der Waals surface area contributed by atoms with Crippen LogP contribution in [0.15, 0.2) is 30.5 Å². The van der Waals surface area contributed by atoms with Gasteiger partial charge in [-0.2, -0.15) is 4.57 Å². The van der Waals surface area contributed by atoms with Crippen molar-refractivity contribution < 1.29 is 36.4 Å². The average molecular weight is 398 g/mol. The quantitative estimate of drug-likeness (QED) is 0.285. The molecule has 2 rings (SSSR count). The summed E-state index contributed by atoms with van der Waals surface area (Å²) in [6.07, 6.45) is 1.35. The maximum atomic E-state index is 12.6. The van der Waals surface area contributed by atoms with Gasteiger partial charge in [-0.15, -0.1) is 0 Å². The van der Waals surface area contributed by atoms with Gasteiger partial charge in [-0.05, 0) is 18.8 Å². The van der Waals surface area contributed by atoms with Crippen LogP contribution in [0, 0.1) is 24.0 Å². The Balaban J connectivity index is 0.00000288. The van der Waals surface area contributed by atoms with Crippen molar-refractivity contribution in [3.63, 3.8) is 0 Å². The monoisotopic (exact) mass is 397 g/mol. The molecule has 0 aliphatic carbocycles. The largest absolute Gasteiger partial charge is 1.00 e. The van der Waals surface area contributed by atoms with E-state index >= 15 is 0 Å². The van der Waals surface area contributed by atoms with Gasteiger partial charge >= 0.3 is 5.82 Å². The molecule has 0 spiro atoms. The van der Waals surface area contributed by atoms with E-state index in [1.54, 1.807) is 30.5 Å². The van der Waals surface area contributed by atoms with Gasteiger partial charge in [0.05, 0.1) is 6.61 Å². The maximum absolute atomic E-state index is 12.6. The molecule has 0 radical (unpaired) electrons. The summed E-state index contributed by atoms with van der Waals surface area (Å²) in [5, 5.41) is 20.3. The first-order valence-electron chi connectivity index (χ1n) is 7.34. The molecule has 0 aliphatic rings. The fraction of sp³-hybridized carbons (Fsp3) is 0.375. The molecule has 130 valence electrons. The van der Waals surface area contributed by atoms with Crippen LogP contribution in [0.5, 0.6) is 0 Å². The highest BCUT2D eigenvalue weighted by Gasteiger charge is 2.30. The summed E-state index contributed by atoms with van der Waals surface area (Å²) in [6.45, 7) is 5.25. The minimum Gasteiger partial charge on any atom is -1.00 e. The van der Waals surface area contributed by atoms with Gasteiger partial charge in [0.25, 0.3) is 5.82 Å². The van der Waals surface area contributed by atoms with Crippen LogP contribution < -0.4 is 21.5 Å². The highest BCUT2D eigenvalue weighted by molar-refractivity contribution is 5.97. The zero-order valence-electron chi connectivity index (χ0n) is 13.8. The first kappa shape index (κ1) is 20.0. The summed E-state index contributed by atoms with van der Waals surface area (Å²) in [5.74, 6) is 0.299. The van der Waals surface area contributed by atoms with Crippen molar-refractivity contribution in [3.8, 4) is 0 Å². The van der Waals surface area contributed by atoms with Crippen LogP contribution >= 0.6 is 0 Å². The van der Waals surface area contributed by atoms with E-state index in [9.17, 15) is 14.9 Å². The third kappa shape index (κ3) is 3.88. The lowest BCUT2D eigenvalue weighted by Crippen LogP contribution is -3.00. The summed E-state index contributed by atoms with van der Waals surface area (Å²) in [7, 11) is 0. The Kier molecular flexibility index (Phi) is 6.80. The number of carbonyl (C=O) groups is 1. The molecule has 1 atom stereocenters. The normalized spacial score (nSPS) is 11.7. The molecule has 8 heteroatoms. The van der Waals surface area contributed by atoms with Gasteiger partial charge in [-0.25, -0.2) is 4.57 Å². The first-order chi connectivity index (χ1) is 10.9. The van der Waals surface area contributed by atoms with Crippen molar-refractivity contribution in [1.82, 2.24) is 4.57 Å². The second-order valence-electron chi connectivity index (χ2n) is 5.48. The molecular weight excluding hydrogens is 378 g/mol. The van der Waals surface area contributed by atoms with E-state index in [4.69, 9.17) is 5.11 Å². The van der Waals surface area contributed by atoms with Crippen LogP contribution in [0.4, 0.5) is 5.82 Å². The molecule has 7 nitrogen and oxygen atoms in total. The Morgan fingerprint density at radius 1 is 1.33 bits per heavy atom. The van der Waals surface area contributed by atoms with E-state index in [2.05, 4.69) is 0 Å². The summed E-state index contributed by atoms with van der Waals surface area (Å²) in [6, 6.07) is 6.65. The van der Waals surface area contributed by atoms with Crippen molar-refractivity contribution in [2.75, 3.05) is 6.61 Å². The van der Waals surface area contributed by atoms with Gasteiger partial charge in [-0.1, -0.05) is 29.8 Å². The Labute approximate surface area is 150 Å². The number of aromatic nitrogens is 2. The molecule has 0 bridgehead atoms. The van der Waals surface area contributed by atoms with Crippen molar-refractivity contribution in [2.24, 2.45) is 0 Å². The van der Waals surface area contributed by atoms with Crippen LogP contribution in [0.1, 0.15) is 34.7 Å². The first-order valence-corrected chi connectivity index (χ1v) is 7.34. The van der Waals surface area contributed by atoms with E-state index in [0.29, 0.717) is 11.4 Å². The zero-order chi connectivity index (χ0) is 17.1. The van der Waals surface area contributed by atoms with Gasteiger partial charge in [0.15, 0.2) is 12.2 Å². The van der Waals surface area contributed by atoms with Gasteiger partial charge in [0, 0.05) is 12.5 Å². The summed E-state index contributed by atoms with van der Waals surface area (Å²) >= 11 is 0. The number of nitrogens with zero attached hydrogens (tertiary/aromatic N) is 3. The van der Waals surface area contributed by atoms with Gasteiger partial charge in [-0.3, -0.25) is 4.79 Å². The SMILES string of the molecule is Cc1ccc(C(=O)C(C)[n+]2cc([N+](=O)[O-])n(CCO)c2C)cc1.[Br-]. The molecule has 1 unspecified atom stereocenters. The summed E-state index contributed by atoms with van der Waals surface area (Å²) in [5.41, 5.74) is 1.62. The maximum Gasteiger partial charge on any atom is 0.365 e. The lowest BCUT2D eigenvalue weighted by Gasteiger charge is -2.09. The molecule has 1 aromatic heterocycles. The van der Waals surface area contributed by atoms with Crippen LogP contribution in [0.2, 0.25) is 0 Å². The fourth-order valence-corrected chi connectivity index (χ4v) is 2.59. The van der Waals surface area contributed by atoms with E-state index in [-0.39, 0.29) is 41.7 Å². The standard InChI is InChI=1S/C16H20N3O4.BrH/c1-11-4-6-14(7-5-11)16(21)12(2)18-10-15(19(22)23)17(8-9-20)13(18)3;/h4-7,10,12,20H,8-9H2,1-3H3;1H/q+1;/p-1. The second kappa shape index (κ2) is 8.16. The molecule has 0 aliphatic heterocycles. The molecule has 24 heavy (non-hydrogen) atoms. The number of Topliss-reactive ketones (excluding diaryl/α,β-unsaturated/α-hetero) is 1. The Morgan fingerprint density at radius 3 is 2.42 bits per heavy atom. The number of hydrogen-bond donors (Lipinski definition) is 1. The number of carbonyl (C=O) groups excluding carboxylic acids is 1. The van der Waals surface area contributed by atoms with Crippen molar-refractivity contribution in [2.45, 2.75) is 33.4 Å². The number of aliphatic hydroxyl groups is 1. The molecular formula is C16H20BrN3O4. The summed E-state index contributed by atoms with van der Waals surface area (Å²) in [4.78, 5) is 23.3. The van der Waals surface area contributed by atoms with Crippen LogP contribution in [-0.2, 0) is 6.54 Å². The minimum atomic E-state index is -0.573. The predicted molar refractivity (Wildman–Crippen MR) is 83.3 cm³/mol. The van der Waals surface area contributed by atoms with Gasteiger partial charge < -0.3 is 32.2 Å². The molecule has 0 saturated carbocycles. The smallest absolute Gasteiger partial charge is 0.365 e. The average Bonchev–Trinajstić information content (AvgIpc) is 2.84. The van der Waals surface area contributed by atoms with E-state index in [1.165, 1.54) is 10.8 Å². The third-order valence-corrected chi connectivity index (χ3v) is 3.94. The number of halogens is 1. The number of ketones is 1. The zero-order valence-corrected chi connectivity index (χ0v) is 15.4. The molecule has 1 aromatic carbocycles. The minimum absolute atomic E-state index is 0. The van der Waals surface area contributed by atoms with Crippen LogP contribution in [0.25, 0.3) is 0 Å². The fourth-order valence-electron chi connectivity index (χ4n) is 2.59. The molecule has 1 heterocycles. The van der Waals surface area contributed by atoms with Crippen LogP contribution in [0.3, 0.4) is 0 Å². The lowest BCUT2D eigenvalue weighted by atomic mass is 10.0. The summed E-state index contributed by atoms with van der Waals surface area (Å²) < 4.78 is 2.98. The number of aryl methyl sites for hydroxylation is 1. The third-order valence-electron chi connectivity index (χ3n) is 3.94. The van der Waals surface area contributed by atoms with Crippen molar-refractivity contribution in [1.29, 1.82) is 0 Å². The van der Waals surface area contributed by atoms with Crippen molar-refractivity contribution >= 4 is 11.6 Å². The van der Waals surface area contributed by atoms with E-state index in [1.807, 2.05) is 19.1 Å². The highest BCUT2D eigenvalue weighted by atomic mass is 79.9. The van der Waals surface area contributed by atoms with Crippen molar-refractivity contribution in [3.05, 3.63) is 57.5 Å². The molecule has 0 saturated heterocycles. The van der Waals surface area contributed by atoms with E-state index < -0.39 is 11.0 Å². The van der Waals surface area contributed by atoms with E-state index in [0.717, 1.165) is 5.56 Å². The van der Waals surface area contributed by atoms with Crippen LogP contribution in [-0.4, -0.2) is 27.0 Å². The molecule has 1 N–H and O–H groups in total. The number of aliphatic hydroxyl groups excluding tert-OH is 1. The number of rotatable bonds is 6. The van der Waals surface area contributed by atoms with Gasteiger partial charge in [0.1, 0.15) is 6.54 Å². The number of nitro groups is 1. The van der Waals surface area contributed by atoms with Gasteiger partial charge in [0.2, 0.25) is 5.78 Å². The molecule has 0 amide bonds. The number of imidazole rings is 1. The second-order valence-corrected chi connectivity index (χ2v) is 5.48. The number of hydrogen-bond acceptors (Lipinski definition) is 4. The Hall–Kier alpha value is -2.06. The molecule has 2 aromatic rings. The lowest BCUT2D eigenvalue weighted by molar-refractivity contribution is -0.711. The highest BCUT2D eigenvalue weighted by Crippen LogP contribution is 2.17. The topological polar surface area (TPSA) is 89.3 Å². The number of benzene rings is 1.